The van der Waals surface area contributed by atoms with Crippen LogP contribution < -0.4 is 5.32 Å². The maximum Gasteiger partial charge on any atom is 0.317 e. The van der Waals surface area contributed by atoms with Crippen LogP contribution >= 0.6 is 0 Å². The van der Waals surface area contributed by atoms with Crippen molar-refractivity contribution < 1.29 is 9.53 Å². The molecule has 0 radical (unpaired) electrons. The molecule has 1 N–H and O–H groups in total. The van der Waals surface area contributed by atoms with E-state index in [2.05, 4.69) is 22.1 Å². The summed E-state index contributed by atoms with van der Waals surface area (Å²) >= 11 is 0. The van der Waals surface area contributed by atoms with E-state index in [1.54, 1.807) is 7.11 Å². The van der Waals surface area contributed by atoms with Crippen molar-refractivity contribution in [1.29, 1.82) is 0 Å². The van der Waals surface area contributed by atoms with Crippen LogP contribution in [0.4, 0.5) is 4.79 Å². The highest BCUT2D eigenvalue weighted by molar-refractivity contribution is 5.74. The number of nitrogens with zero attached hydrogens (tertiary/aromatic N) is 4. The lowest BCUT2D eigenvalue weighted by molar-refractivity contribution is 0.0832. The number of imidazole rings is 1. The smallest absolute Gasteiger partial charge is 0.317 e. The predicted molar refractivity (Wildman–Crippen MR) is 91.7 cm³/mol. The van der Waals surface area contributed by atoms with Gasteiger partial charge in [0.25, 0.3) is 0 Å². The fourth-order valence-corrected chi connectivity index (χ4v) is 3.55. The largest absolute Gasteiger partial charge is 0.383 e. The van der Waals surface area contributed by atoms with Gasteiger partial charge in [-0.15, -0.1) is 0 Å². The van der Waals surface area contributed by atoms with Gasteiger partial charge in [0.2, 0.25) is 0 Å². The zero-order valence-electron chi connectivity index (χ0n) is 14.9. The number of ether oxygens (including phenoxy) is 1. The molecule has 1 aromatic heterocycles. The topological polar surface area (TPSA) is 62.6 Å². The lowest BCUT2D eigenvalue weighted by Gasteiger charge is -2.40. The number of hydrogen-bond acceptors (Lipinski definition) is 4. The van der Waals surface area contributed by atoms with Crippen molar-refractivity contribution in [1.82, 2.24) is 24.7 Å². The molecule has 2 heterocycles. The van der Waals surface area contributed by atoms with Crippen LogP contribution in [0.5, 0.6) is 0 Å². The summed E-state index contributed by atoms with van der Waals surface area (Å²) in [5, 5.41) is 3.18. The first-order valence-electron chi connectivity index (χ1n) is 8.89. The number of nitrogens with one attached hydrogen (secondary N) is 1. The Labute approximate surface area is 144 Å². The molecule has 1 aliphatic heterocycles. The molecule has 2 aliphatic rings. The number of amides is 2. The quantitative estimate of drug-likeness (QED) is 0.849. The van der Waals surface area contributed by atoms with Gasteiger partial charge in [0.05, 0.1) is 18.7 Å². The predicted octanol–water partition coefficient (Wildman–Crippen LogP) is 1.23. The molecule has 1 saturated carbocycles. The minimum Gasteiger partial charge on any atom is -0.383 e. The van der Waals surface area contributed by atoms with Crippen molar-refractivity contribution in [3.8, 4) is 0 Å². The van der Waals surface area contributed by atoms with E-state index < -0.39 is 0 Å². The lowest BCUT2D eigenvalue weighted by Crippen LogP contribution is -2.55. The van der Waals surface area contributed by atoms with E-state index in [0.717, 1.165) is 25.5 Å². The third kappa shape index (κ3) is 3.72. The molecule has 3 rings (SSSR count). The normalized spacial score (nSPS) is 23.3. The molecule has 2 amide bonds. The van der Waals surface area contributed by atoms with Gasteiger partial charge in [0, 0.05) is 46.2 Å². The molecule has 7 nitrogen and oxygen atoms in total. The van der Waals surface area contributed by atoms with Gasteiger partial charge in [-0.3, -0.25) is 4.90 Å². The molecule has 1 saturated heterocycles. The second-order valence-electron chi connectivity index (χ2n) is 6.84. The molecule has 0 unspecified atom stereocenters. The number of aryl methyl sites for hydroxylation is 1. The molecule has 0 bridgehead atoms. The van der Waals surface area contributed by atoms with E-state index in [-0.39, 0.29) is 18.1 Å². The number of piperazine rings is 1. The number of hydrogen-bond donors (Lipinski definition) is 1. The number of rotatable bonds is 6. The van der Waals surface area contributed by atoms with Gasteiger partial charge >= 0.3 is 6.03 Å². The third-order valence-corrected chi connectivity index (χ3v) is 5.19. The minimum absolute atomic E-state index is 0.0268. The van der Waals surface area contributed by atoms with Gasteiger partial charge in [-0.2, -0.15) is 0 Å². The van der Waals surface area contributed by atoms with E-state index in [9.17, 15) is 4.79 Å². The molecule has 2 fully saturated rings. The maximum absolute atomic E-state index is 12.7. The molecule has 1 aliphatic carbocycles. The zero-order valence-corrected chi connectivity index (χ0v) is 14.9. The Bertz CT molecular complexity index is 557. The van der Waals surface area contributed by atoms with Crippen molar-refractivity contribution in [2.45, 2.75) is 31.8 Å². The molecule has 2 atom stereocenters. The Morgan fingerprint density at radius 1 is 1.46 bits per heavy atom. The van der Waals surface area contributed by atoms with E-state index in [1.165, 1.54) is 12.8 Å². The van der Waals surface area contributed by atoms with Crippen LogP contribution in [0.15, 0.2) is 12.4 Å². The first kappa shape index (κ1) is 17.2. The fourth-order valence-electron chi connectivity index (χ4n) is 3.55. The van der Waals surface area contributed by atoms with E-state index in [0.29, 0.717) is 19.1 Å². The molecule has 1 aromatic rings. The van der Waals surface area contributed by atoms with Gasteiger partial charge in [0.15, 0.2) is 0 Å². The highest BCUT2D eigenvalue weighted by Crippen LogP contribution is 2.33. The van der Waals surface area contributed by atoms with Crippen molar-refractivity contribution in [3.05, 3.63) is 18.2 Å². The minimum atomic E-state index is 0.0268. The molecule has 134 valence electrons. The number of likely N-dealkylation sites (N-methyl/N-ethyl adjacent to an activating group) is 1. The Balaban J connectivity index is 1.65. The number of urea groups is 1. The first-order chi connectivity index (χ1) is 11.6. The second-order valence-corrected chi connectivity index (χ2v) is 6.84. The fraction of sp³-hybridized carbons (Fsp3) is 0.765. The van der Waals surface area contributed by atoms with E-state index in [4.69, 9.17) is 4.74 Å². The average molecular weight is 335 g/mol. The van der Waals surface area contributed by atoms with Crippen molar-refractivity contribution in [2.75, 3.05) is 39.9 Å². The van der Waals surface area contributed by atoms with Gasteiger partial charge in [-0.1, -0.05) is 6.92 Å². The summed E-state index contributed by atoms with van der Waals surface area (Å²) in [5.74, 6) is 1.60. The van der Waals surface area contributed by atoms with Gasteiger partial charge < -0.3 is 19.5 Å². The van der Waals surface area contributed by atoms with Gasteiger partial charge in [0.1, 0.15) is 5.82 Å². The zero-order chi connectivity index (χ0) is 17.1. The number of aromatic nitrogens is 2. The summed E-state index contributed by atoms with van der Waals surface area (Å²) in [6.45, 7) is 6.02. The van der Waals surface area contributed by atoms with Crippen LogP contribution in [0.25, 0.3) is 0 Å². The molecule has 0 spiro atoms. The monoisotopic (exact) mass is 335 g/mol. The van der Waals surface area contributed by atoms with E-state index in [1.807, 2.05) is 28.9 Å². The van der Waals surface area contributed by atoms with Gasteiger partial charge in [-0.25, -0.2) is 9.78 Å². The summed E-state index contributed by atoms with van der Waals surface area (Å²) in [6, 6.07) is 0.313. The third-order valence-electron chi connectivity index (χ3n) is 5.19. The van der Waals surface area contributed by atoms with Gasteiger partial charge in [-0.05, 0) is 25.3 Å². The summed E-state index contributed by atoms with van der Waals surface area (Å²) in [6.07, 6.45) is 6.16. The Morgan fingerprint density at radius 2 is 2.25 bits per heavy atom. The summed E-state index contributed by atoms with van der Waals surface area (Å²) < 4.78 is 7.32. The summed E-state index contributed by atoms with van der Waals surface area (Å²) in [4.78, 5) is 21.5. The lowest BCUT2D eigenvalue weighted by atomic mass is 10.1. The highest BCUT2D eigenvalue weighted by Gasteiger charge is 2.36. The standard InChI is InChI=1S/C17H29N5O2/c1-4-21-9-10-22(11-15(21)16-18-7-8-20(16)2)17(23)19-14(12-24-3)13-5-6-13/h7-8,13-15H,4-6,9-12H2,1-3H3,(H,19,23)/t14-,15-/m1/s1. The SMILES string of the molecule is CCN1CCN(C(=O)N[C@H](COC)C2CC2)C[C@@H]1c1nccn1C. The Morgan fingerprint density at radius 3 is 2.83 bits per heavy atom. The van der Waals surface area contributed by atoms with E-state index >= 15 is 0 Å². The Hall–Kier alpha value is -1.60. The first-order valence-corrected chi connectivity index (χ1v) is 8.89. The van der Waals surface area contributed by atoms with Crippen LogP contribution in [-0.4, -0.2) is 71.3 Å². The van der Waals surface area contributed by atoms with Crippen LogP contribution in [-0.2, 0) is 11.8 Å². The van der Waals surface area contributed by atoms with Crippen molar-refractivity contribution in [2.24, 2.45) is 13.0 Å². The van der Waals surface area contributed by atoms with Crippen LogP contribution in [0.2, 0.25) is 0 Å². The summed E-state index contributed by atoms with van der Waals surface area (Å²) in [5.41, 5.74) is 0. The maximum atomic E-state index is 12.7. The molecule has 24 heavy (non-hydrogen) atoms. The van der Waals surface area contributed by atoms with Crippen LogP contribution in [0.1, 0.15) is 31.6 Å². The molecule has 0 aromatic carbocycles. The second kappa shape index (κ2) is 7.53. The molecular weight excluding hydrogens is 306 g/mol. The highest BCUT2D eigenvalue weighted by atomic mass is 16.5. The average Bonchev–Trinajstić information content (AvgIpc) is 3.35. The van der Waals surface area contributed by atoms with Crippen LogP contribution in [0, 0.1) is 5.92 Å². The number of carbonyl (C=O) groups excluding carboxylic acids is 1. The van der Waals surface area contributed by atoms with Crippen molar-refractivity contribution in [3.63, 3.8) is 0 Å². The molecule has 7 heteroatoms. The van der Waals surface area contributed by atoms with Crippen molar-refractivity contribution >= 4 is 6.03 Å². The Kier molecular flexibility index (Phi) is 5.40. The number of methoxy groups -OCH3 is 1. The summed E-state index contributed by atoms with van der Waals surface area (Å²) in [7, 11) is 3.70. The molecular formula is C17H29N5O2. The van der Waals surface area contributed by atoms with Crippen LogP contribution in [0.3, 0.4) is 0 Å². The number of carbonyl (C=O) groups is 1.